The van der Waals surface area contributed by atoms with E-state index < -0.39 is 29.4 Å². The van der Waals surface area contributed by atoms with Crippen LogP contribution in [-0.4, -0.2) is 52.2 Å². The predicted octanol–water partition coefficient (Wildman–Crippen LogP) is 5.46. The number of benzene rings is 3. The third-order valence-electron chi connectivity index (χ3n) is 7.73. The number of esters is 1. The molecule has 1 saturated heterocycles. The van der Waals surface area contributed by atoms with E-state index in [0.717, 1.165) is 16.9 Å². The Morgan fingerprint density at radius 1 is 1.05 bits per heavy atom. The number of anilines is 2. The molecule has 0 N–H and O–H groups in total. The van der Waals surface area contributed by atoms with E-state index in [0.29, 0.717) is 21.3 Å². The average Bonchev–Trinajstić information content (AvgIpc) is 3.28. The van der Waals surface area contributed by atoms with Gasteiger partial charge in [-0.2, -0.15) is 5.26 Å². The Kier molecular flexibility index (Phi) is 6.96. The van der Waals surface area contributed by atoms with E-state index in [9.17, 15) is 14.9 Å². The minimum Gasteiger partial charge on any atom is -0.496 e. The van der Waals surface area contributed by atoms with Crippen molar-refractivity contribution in [3.8, 4) is 11.8 Å². The molecule has 0 saturated carbocycles. The maximum atomic E-state index is 14.5. The summed E-state index contributed by atoms with van der Waals surface area (Å²) in [6.07, 6.45) is 3.76. The van der Waals surface area contributed by atoms with E-state index >= 15 is 0 Å². The van der Waals surface area contributed by atoms with Gasteiger partial charge >= 0.3 is 5.97 Å². The predicted molar refractivity (Wildman–Crippen MR) is 154 cm³/mol. The molecule has 0 amide bonds. The second kappa shape index (κ2) is 10.2. The van der Waals surface area contributed by atoms with Crippen molar-refractivity contribution >= 4 is 45.1 Å². The van der Waals surface area contributed by atoms with E-state index in [1.54, 1.807) is 25.3 Å². The van der Waals surface area contributed by atoms with Gasteiger partial charge < -0.3 is 19.3 Å². The number of nitriles is 1. The standard InChI is InChI=1S/C31H28BrN3O4/c1-34(2)22-13-9-20(10-14-22)27-28(29(36)21-11-15-25(38-3)23(32)17-21)35-24-8-6-5-7-19(24)12-16-26(35)31(27,18-33)30(37)39-4/h5-17,26-28H,1-4H3/t26-,27+,28-,31-/m1/s1. The Hall–Kier alpha value is -4.09. The fourth-order valence-corrected chi connectivity index (χ4v) is 6.42. The summed E-state index contributed by atoms with van der Waals surface area (Å²) >= 11 is 3.50. The summed E-state index contributed by atoms with van der Waals surface area (Å²) in [7, 11) is 6.72. The van der Waals surface area contributed by atoms with Crippen LogP contribution in [0.4, 0.5) is 11.4 Å². The topological polar surface area (TPSA) is 82.9 Å². The SMILES string of the molecule is COC(=O)[C@@]1(C#N)[C@@H](c2ccc(N(C)C)cc2)[C@H](C(=O)c2ccc(OC)c(Br)c2)N2c3ccccc3C=C[C@@H]21. The Bertz CT molecular complexity index is 1510. The van der Waals surface area contributed by atoms with Gasteiger partial charge in [-0.3, -0.25) is 9.59 Å². The molecule has 0 aliphatic carbocycles. The minimum absolute atomic E-state index is 0.212. The molecule has 3 aromatic rings. The molecule has 39 heavy (non-hydrogen) atoms. The van der Waals surface area contributed by atoms with Crippen LogP contribution in [0.3, 0.4) is 0 Å². The summed E-state index contributed by atoms with van der Waals surface area (Å²) in [5.41, 5.74) is 2.12. The van der Waals surface area contributed by atoms with E-state index in [-0.39, 0.29) is 5.78 Å². The molecule has 4 atom stereocenters. The van der Waals surface area contributed by atoms with Crippen LogP contribution in [0, 0.1) is 16.7 Å². The largest absolute Gasteiger partial charge is 0.496 e. The molecule has 0 radical (unpaired) electrons. The van der Waals surface area contributed by atoms with Crippen molar-refractivity contribution in [3.05, 3.63) is 94.0 Å². The lowest BCUT2D eigenvalue weighted by atomic mass is 9.68. The molecule has 0 bridgehead atoms. The molecule has 7 nitrogen and oxygen atoms in total. The molecule has 3 aromatic carbocycles. The Morgan fingerprint density at radius 2 is 1.77 bits per heavy atom. The van der Waals surface area contributed by atoms with Gasteiger partial charge in [-0.15, -0.1) is 0 Å². The highest BCUT2D eigenvalue weighted by molar-refractivity contribution is 9.10. The number of carbonyl (C=O) groups is 2. The normalized spacial score (nSPS) is 22.9. The van der Waals surface area contributed by atoms with Crippen LogP contribution >= 0.6 is 15.9 Å². The first-order chi connectivity index (χ1) is 18.8. The van der Waals surface area contributed by atoms with Crippen molar-refractivity contribution in [3.63, 3.8) is 0 Å². The van der Waals surface area contributed by atoms with Crippen LogP contribution in [-0.2, 0) is 9.53 Å². The van der Waals surface area contributed by atoms with Gasteiger partial charge in [0.25, 0.3) is 0 Å². The van der Waals surface area contributed by atoms with E-state index in [1.165, 1.54) is 7.11 Å². The molecular weight excluding hydrogens is 558 g/mol. The number of para-hydroxylation sites is 1. The summed E-state index contributed by atoms with van der Waals surface area (Å²) in [5.74, 6) is -1.10. The van der Waals surface area contributed by atoms with E-state index in [1.807, 2.05) is 84.6 Å². The zero-order valence-electron chi connectivity index (χ0n) is 22.1. The van der Waals surface area contributed by atoms with E-state index in [2.05, 4.69) is 22.0 Å². The van der Waals surface area contributed by atoms with Crippen molar-refractivity contribution in [1.82, 2.24) is 0 Å². The number of carbonyl (C=O) groups excluding carboxylic acids is 2. The number of Topliss-reactive ketones (excluding diaryl/α,β-unsaturated/α-hetero) is 1. The van der Waals surface area contributed by atoms with Gasteiger partial charge in [0.2, 0.25) is 0 Å². The van der Waals surface area contributed by atoms with Gasteiger partial charge in [0.1, 0.15) is 11.8 Å². The molecule has 5 rings (SSSR count). The van der Waals surface area contributed by atoms with Gasteiger partial charge in [-0.05, 0) is 63.5 Å². The first-order valence-electron chi connectivity index (χ1n) is 12.5. The summed E-state index contributed by atoms with van der Waals surface area (Å²) in [6.45, 7) is 0. The first kappa shape index (κ1) is 26.5. The minimum atomic E-state index is -1.68. The van der Waals surface area contributed by atoms with E-state index in [4.69, 9.17) is 9.47 Å². The highest BCUT2D eigenvalue weighted by atomic mass is 79.9. The average molecular weight is 586 g/mol. The Balaban J connectivity index is 1.78. The number of nitrogens with zero attached hydrogens (tertiary/aromatic N) is 3. The fraction of sp³-hybridized carbons (Fsp3) is 0.258. The van der Waals surface area contributed by atoms with Crippen molar-refractivity contribution in [2.45, 2.75) is 18.0 Å². The van der Waals surface area contributed by atoms with Crippen molar-refractivity contribution < 1.29 is 19.1 Å². The molecular formula is C31H28BrN3O4. The number of rotatable bonds is 6. The van der Waals surface area contributed by atoms with Crippen molar-refractivity contribution in [2.75, 3.05) is 38.1 Å². The maximum absolute atomic E-state index is 14.5. The third kappa shape index (κ3) is 4.09. The lowest BCUT2D eigenvalue weighted by Gasteiger charge is -2.36. The highest BCUT2D eigenvalue weighted by Crippen LogP contribution is 2.56. The zero-order valence-corrected chi connectivity index (χ0v) is 23.7. The van der Waals surface area contributed by atoms with Gasteiger partial charge in [-0.1, -0.05) is 42.5 Å². The zero-order chi connectivity index (χ0) is 27.9. The van der Waals surface area contributed by atoms with Gasteiger partial charge in [-0.25, -0.2) is 0 Å². The summed E-state index contributed by atoms with van der Waals surface area (Å²) in [4.78, 5) is 32.1. The molecule has 2 aliphatic heterocycles. The molecule has 1 fully saturated rings. The molecule has 0 aromatic heterocycles. The molecule has 0 unspecified atom stereocenters. The van der Waals surface area contributed by atoms with Gasteiger partial charge in [0, 0.05) is 37.0 Å². The smallest absolute Gasteiger partial charge is 0.329 e. The Labute approximate surface area is 236 Å². The number of fused-ring (bicyclic) bond motifs is 3. The van der Waals surface area contributed by atoms with Crippen molar-refractivity contribution in [2.24, 2.45) is 5.41 Å². The van der Waals surface area contributed by atoms with Gasteiger partial charge in [0.15, 0.2) is 11.2 Å². The summed E-state index contributed by atoms with van der Waals surface area (Å²) in [6, 6.07) is 21.3. The number of ketones is 1. The quantitative estimate of drug-likeness (QED) is 0.280. The lowest BCUT2D eigenvalue weighted by molar-refractivity contribution is -0.150. The fourth-order valence-electron chi connectivity index (χ4n) is 5.88. The van der Waals surface area contributed by atoms with Crippen LogP contribution in [0.2, 0.25) is 0 Å². The Morgan fingerprint density at radius 3 is 2.38 bits per heavy atom. The number of halogens is 1. The lowest BCUT2D eigenvalue weighted by Crippen LogP contribution is -2.46. The summed E-state index contributed by atoms with van der Waals surface area (Å²) < 4.78 is 11.3. The highest BCUT2D eigenvalue weighted by Gasteiger charge is 2.67. The van der Waals surface area contributed by atoms with Crippen LogP contribution < -0.4 is 14.5 Å². The first-order valence-corrected chi connectivity index (χ1v) is 13.3. The van der Waals surface area contributed by atoms with Gasteiger partial charge in [0.05, 0.1) is 30.8 Å². The molecule has 2 aliphatic rings. The monoisotopic (exact) mass is 585 g/mol. The molecule has 198 valence electrons. The molecule has 8 heteroatoms. The second-order valence-corrected chi connectivity index (χ2v) is 10.7. The van der Waals surface area contributed by atoms with Crippen LogP contribution in [0.25, 0.3) is 6.08 Å². The second-order valence-electron chi connectivity index (χ2n) is 9.86. The number of ether oxygens (including phenoxy) is 2. The molecule has 2 heterocycles. The summed E-state index contributed by atoms with van der Waals surface area (Å²) in [5, 5.41) is 10.8. The van der Waals surface area contributed by atoms with Crippen LogP contribution in [0.1, 0.15) is 27.4 Å². The number of methoxy groups -OCH3 is 2. The van der Waals surface area contributed by atoms with Crippen LogP contribution in [0.15, 0.2) is 77.3 Å². The molecule has 0 spiro atoms. The van der Waals surface area contributed by atoms with Crippen molar-refractivity contribution in [1.29, 1.82) is 5.26 Å². The number of hydrogen-bond acceptors (Lipinski definition) is 7. The number of hydrogen-bond donors (Lipinski definition) is 0. The maximum Gasteiger partial charge on any atom is 0.329 e. The third-order valence-corrected chi connectivity index (χ3v) is 8.35. The van der Waals surface area contributed by atoms with Crippen LogP contribution in [0.5, 0.6) is 5.75 Å².